The van der Waals surface area contributed by atoms with Gasteiger partial charge in [-0.25, -0.2) is 4.98 Å². The highest BCUT2D eigenvalue weighted by Crippen LogP contribution is 2.16. The Kier molecular flexibility index (Phi) is 3.07. The van der Waals surface area contributed by atoms with Gasteiger partial charge in [0.25, 0.3) is 0 Å². The Hall–Kier alpha value is -1.05. The molecular weight excluding hydrogens is 204 g/mol. The fourth-order valence-corrected chi connectivity index (χ4v) is 1.65. The Balaban J connectivity index is 2.97. The highest BCUT2D eigenvalue weighted by atomic mass is 28.3. The van der Waals surface area contributed by atoms with E-state index in [2.05, 4.69) is 41.1 Å². The summed E-state index contributed by atoms with van der Waals surface area (Å²) in [6.07, 6.45) is 1.69. The molecule has 1 aromatic rings. The molecule has 1 rings (SSSR count). The molecule has 1 unspecified atom stereocenters. The number of imidazole rings is 1. The van der Waals surface area contributed by atoms with Crippen LogP contribution in [-0.4, -0.2) is 23.1 Å². The summed E-state index contributed by atoms with van der Waals surface area (Å²) in [6.45, 7) is 9.99. The van der Waals surface area contributed by atoms with Crippen molar-refractivity contribution in [1.82, 2.24) is 9.97 Å². The van der Waals surface area contributed by atoms with E-state index in [1.807, 2.05) is 6.92 Å². The smallest absolute Gasteiger partial charge is 0.180 e. The van der Waals surface area contributed by atoms with E-state index in [1.165, 1.54) is 0 Å². The monoisotopic (exact) mass is 222 g/mol. The minimum absolute atomic E-state index is 0.519. The zero-order valence-electron chi connectivity index (χ0n) is 9.97. The maximum Gasteiger partial charge on any atom is 0.180 e. The van der Waals surface area contributed by atoms with Crippen LogP contribution in [0.4, 0.5) is 0 Å². The predicted octanol–water partition coefficient (Wildman–Crippen LogP) is 1.81. The zero-order chi connectivity index (χ0) is 11.7. The third-order valence-electron chi connectivity index (χ3n) is 1.84. The Labute approximate surface area is 92.0 Å². The quantitative estimate of drug-likeness (QED) is 0.562. The molecule has 0 aromatic carbocycles. The van der Waals surface area contributed by atoms with E-state index in [0.717, 1.165) is 5.69 Å². The van der Waals surface area contributed by atoms with Gasteiger partial charge in [-0.1, -0.05) is 25.6 Å². The van der Waals surface area contributed by atoms with Crippen LogP contribution in [0.25, 0.3) is 0 Å². The van der Waals surface area contributed by atoms with Gasteiger partial charge in [0, 0.05) is 11.9 Å². The van der Waals surface area contributed by atoms with Gasteiger partial charge in [0.15, 0.2) is 11.4 Å². The topological polar surface area (TPSA) is 48.9 Å². The average molecular weight is 222 g/mol. The molecule has 2 N–H and O–H groups in total. The second kappa shape index (κ2) is 3.84. The van der Waals surface area contributed by atoms with Crippen molar-refractivity contribution in [1.29, 1.82) is 0 Å². The summed E-state index contributed by atoms with van der Waals surface area (Å²) in [4.78, 5) is 7.10. The lowest BCUT2D eigenvalue weighted by Crippen LogP contribution is -2.24. The number of aromatic nitrogens is 2. The van der Waals surface area contributed by atoms with E-state index < -0.39 is 13.7 Å². The Morgan fingerprint density at radius 3 is 2.47 bits per heavy atom. The molecule has 15 heavy (non-hydrogen) atoms. The van der Waals surface area contributed by atoms with E-state index in [1.54, 1.807) is 13.1 Å². The molecule has 4 heteroatoms. The molecule has 0 saturated heterocycles. The molecule has 82 valence electrons. The van der Waals surface area contributed by atoms with Crippen LogP contribution in [-0.2, 0) is 5.60 Å². The van der Waals surface area contributed by atoms with Crippen molar-refractivity contribution in [2.24, 2.45) is 0 Å². The van der Waals surface area contributed by atoms with Crippen LogP contribution < -0.4 is 0 Å². The minimum atomic E-state index is -1.46. The van der Waals surface area contributed by atoms with E-state index >= 15 is 0 Å². The van der Waals surface area contributed by atoms with Gasteiger partial charge in [-0.15, -0.1) is 5.54 Å². The van der Waals surface area contributed by atoms with Gasteiger partial charge in [-0.2, -0.15) is 0 Å². The van der Waals surface area contributed by atoms with Crippen LogP contribution in [0.15, 0.2) is 6.20 Å². The molecule has 0 spiro atoms. The summed E-state index contributed by atoms with van der Waals surface area (Å²) >= 11 is 0. The molecule has 0 radical (unpaired) electrons. The lowest BCUT2D eigenvalue weighted by Gasteiger charge is -2.14. The lowest BCUT2D eigenvalue weighted by molar-refractivity contribution is 0.113. The highest BCUT2D eigenvalue weighted by molar-refractivity contribution is 6.83. The molecule has 1 heterocycles. The maximum atomic E-state index is 10.1. The fourth-order valence-electron chi connectivity index (χ4n) is 1.03. The number of hydrogen-bond donors (Lipinski definition) is 2. The van der Waals surface area contributed by atoms with E-state index in [9.17, 15) is 5.11 Å². The number of nitrogens with one attached hydrogen (secondary N) is 1. The number of H-pyrrole nitrogens is 1. The summed E-state index contributed by atoms with van der Waals surface area (Å²) < 4.78 is 0. The fraction of sp³-hybridized carbons (Fsp3) is 0.545. The molecule has 3 nitrogen and oxygen atoms in total. The van der Waals surface area contributed by atoms with Crippen molar-refractivity contribution >= 4 is 8.07 Å². The number of aliphatic hydroxyl groups is 1. The minimum Gasteiger partial charge on any atom is -0.371 e. The van der Waals surface area contributed by atoms with Crippen molar-refractivity contribution in [3.05, 3.63) is 17.7 Å². The second-order valence-corrected chi connectivity index (χ2v) is 9.74. The molecule has 0 aliphatic rings. The van der Waals surface area contributed by atoms with Gasteiger partial charge in [0.1, 0.15) is 8.07 Å². The van der Waals surface area contributed by atoms with Crippen LogP contribution in [0.3, 0.4) is 0 Å². The first kappa shape index (κ1) is 12.0. The number of aryl methyl sites for hydroxylation is 1. The summed E-state index contributed by atoms with van der Waals surface area (Å²) in [5, 5.41) is 10.1. The first-order valence-electron chi connectivity index (χ1n) is 4.99. The van der Waals surface area contributed by atoms with E-state index in [0.29, 0.717) is 5.82 Å². The molecule has 0 fully saturated rings. The molecule has 1 aromatic heterocycles. The van der Waals surface area contributed by atoms with Crippen molar-refractivity contribution in [2.45, 2.75) is 39.1 Å². The Morgan fingerprint density at radius 1 is 1.47 bits per heavy atom. The Bertz CT molecular complexity index is 404. The summed E-state index contributed by atoms with van der Waals surface area (Å²) in [5.41, 5.74) is 2.91. The van der Waals surface area contributed by atoms with Gasteiger partial charge >= 0.3 is 0 Å². The van der Waals surface area contributed by atoms with E-state index in [4.69, 9.17) is 0 Å². The first-order valence-corrected chi connectivity index (χ1v) is 8.49. The van der Waals surface area contributed by atoms with Crippen LogP contribution in [0.5, 0.6) is 0 Å². The zero-order valence-corrected chi connectivity index (χ0v) is 11.0. The van der Waals surface area contributed by atoms with Crippen LogP contribution >= 0.6 is 0 Å². The largest absolute Gasteiger partial charge is 0.371 e. The SMILES string of the molecule is Cc1cnc(C(C)(O)C#C[Si](C)(C)C)[nH]1. The Morgan fingerprint density at radius 2 is 2.07 bits per heavy atom. The lowest BCUT2D eigenvalue weighted by atomic mass is 10.1. The van der Waals surface area contributed by atoms with E-state index in [-0.39, 0.29) is 0 Å². The van der Waals surface area contributed by atoms with Crippen LogP contribution in [0, 0.1) is 18.4 Å². The van der Waals surface area contributed by atoms with Crippen molar-refractivity contribution in [3.63, 3.8) is 0 Å². The number of rotatable bonds is 1. The summed E-state index contributed by atoms with van der Waals surface area (Å²) in [6, 6.07) is 0. The van der Waals surface area contributed by atoms with Crippen LogP contribution in [0.2, 0.25) is 19.6 Å². The average Bonchev–Trinajstić information content (AvgIpc) is 2.48. The highest BCUT2D eigenvalue weighted by Gasteiger charge is 2.24. The van der Waals surface area contributed by atoms with Gasteiger partial charge < -0.3 is 10.1 Å². The van der Waals surface area contributed by atoms with Gasteiger partial charge in [0.2, 0.25) is 0 Å². The third-order valence-corrected chi connectivity index (χ3v) is 2.72. The molecule has 0 aliphatic carbocycles. The summed E-state index contributed by atoms with van der Waals surface area (Å²) in [7, 11) is -1.46. The molecule has 0 saturated carbocycles. The van der Waals surface area contributed by atoms with Crippen LogP contribution in [0.1, 0.15) is 18.4 Å². The normalized spacial score (nSPS) is 15.3. The van der Waals surface area contributed by atoms with Crippen molar-refractivity contribution in [2.75, 3.05) is 0 Å². The third kappa shape index (κ3) is 3.54. The van der Waals surface area contributed by atoms with Gasteiger partial charge in [0.05, 0.1) is 0 Å². The standard InChI is InChI=1S/C11H18N2OSi/c1-9-8-12-10(13-9)11(2,14)6-7-15(3,4)5/h8,14H,1-5H3,(H,12,13). The molecule has 1 atom stereocenters. The predicted molar refractivity (Wildman–Crippen MR) is 64.0 cm³/mol. The molecule has 0 bridgehead atoms. The number of aromatic amines is 1. The summed E-state index contributed by atoms with van der Waals surface area (Å²) in [5.74, 6) is 3.42. The van der Waals surface area contributed by atoms with Gasteiger partial charge in [-0.05, 0) is 13.8 Å². The van der Waals surface area contributed by atoms with Crippen molar-refractivity contribution < 1.29 is 5.11 Å². The second-order valence-electron chi connectivity index (χ2n) is 4.99. The van der Waals surface area contributed by atoms with Crippen molar-refractivity contribution in [3.8, 4) is 11.5 Å². The number of nitrogens with zero attached hydrogens (tertiary/aromatic N) is 1. The molecular formula is C11H18N2OSi. The molecule has 0 amide bonds. The van der Waals surface area contributed by atoms with Gasteiger partial charge in [-0.3, -0.25) is 0 Å². The first-order chi connectivity index (χ1) is 6.71. The number of hydrogen-bond acceptors (Lipinski definition) is 2. The maximum absolute atomic E-state index is 10.1. The molecule has 0 aliphatic heterocycles.